The van der Waals surface area contributed by atoms with Gasteiger partial charge in [0.1, 0.15) is 5.56 Å². The molecular weight excluding hydrogens is 404 g/mol. The molecule has 2 aromatic heterocycles. The van der Waals surface area contributed by atoms with Crippen molar-refractivity contribution in [2.45, 2.75) is 19.4 Å². The lowest BCUT2D eigenvalue weighted by Gasteiger charge is -2.25. The van der Waals surface area contributed by atoms with E-state index < -0.39 is 23.2 Å². The molecule has 4 N–H and O–H groups in total. The summed E-state index contributed by atoms with van der Waals surface area (Å²) < 4.78 is 1.07. The molecule has 152 valence electrons. The molecule has 30 heavy (non-hydrogen) atoms. The van der Waals surface area contributed by atoms with E-state index in [0.717, 1.165) is 38.7 Å². The Balaban J connectivity index is 1.74. The monoisotopic (exact) mass is 422 g/mol. The highest BCUT2D eigenvalue weighted by atomic mass is 35.5. The fraction of sp³-hybridized carbons (Fsp3) is 0.182. The summed E-state index contributed by atoms with van der Waals surface area (Å²) in [5.74, 6) is -0.410. The molecule has 4 aromatic rings. The Kier molecular flexibility index (Phi) is 4.30. The maximum absolute atomic E-state index is 12.8. The standard InChI is InChI=1S/C22H19ClN4O3/c1-11-6-7-12(10-15(11)23)27-21(29)17(20(28)26-22(27)30)19-18-14(8-9-24-19)13-4-2-3-5-16(13)25-18/h2-7,10,19,24-25,29H,8-9H2,1H3,(H,26,28,30). The minimum Gasteiger partial charge on any atom is -0.494 e. The average Bonchev–Trinajstić information content (AvgIpc) is 3.10. The van der Waals surface area contributed by atoms with Crippen molar-refractivity contribution in [1.29, 1.82) is 0 Å². The fourth-order valence-corrected chi connectivity index (χ4v) is 4.36. The van der Waals surface area contributed by atoms with Gasteiger partial charge in [-0.25, -0.2) is 9.36 Å². The zero-order chi connectivity index (χ0) is 21.0. The number of aromatic nitrogens is 3. The van der Waals surface area contributed by atoms with Gasteiger partial charge in [0.05, 0.1) is 11.7 Å². The SMILES string of the molecule is Cc1ccc(-n2c(O)c(C3NCCc4c3[nH]c3ccccc43)c(=O)[nH]c2=O)cc1Cl. The summed E-state index contributed by atoms with van der Waals surface area (Å²) in [5, 5.41) is 15.9. The van der Waals surface area contributed by atoms with Crippen LogP contribution in [0.15, 0.2) is 52.1 Å². The Bertz CT molecular complexity index is 1420. The number of nitrogens with zero attached hydrogens (tertiary/aromatic N) is 1. The second-order valence-electron chi connectivity index (χ2n) is 7.47. The zero-order valence-electron chi connectivity index (χ0n) is 16.1. The molecule has 8 heteroatoms. The Morgan fingerprint density at radius 3 is 2.73 bits per heavy atom. The van der Waals surface area contributed by atoms with E-state index in [-0.39, 0.29) is 5.56 Å². The van der Waals surface area contributed by atoms with E-state index in [0.29, 0.717) is 17.3 Å². The lowest BCUT2D eigenvalue weighted by molar-refractivity contribution is 0.410. The second kappa shape index (κ2) is 6.90. The number of rotatable bonds is 2. The topological polar surface area (TPSA) is 103 Å². The molecule has 0 saturated carbocycles. The predicted octanol–water partition coefficient (Wildman–Crippen LogP) is 2.91. The van der Waals surface area contributed by atoms with Crippen molar-refractivity contribution in [2.24, 2.45) is 0 Å². The van der Waals surface area contributed by atoms with Gasteiger partial charge in [-0.1, -0.05) is 35.9 Å². The first-order valence-corrected chi connectivity index (χ1v) is 10.0. The molecule has 5 rings (SSSR count). The molecule has 1 atom stereocenters. The van der Waals surface area contributed by atoms with Crippen molar-refractivity contribution < 1.29 is 5.11 Å². The summed E-state index contributed by atoms with van der Waals surface area (Å²) in [6.45, 7) is 2.48. The summed E-state index contributed by atoms with van der Waals surface area (Å²) in [7, 11) is 0. The molecule has 0 saturated heterocycles. The van der Waals surface area contributed by atoms with Crippen LogP contribution in [-0.4, -0.2) is 26.2 Å². The normalized spacial score (nSPS) is 16.0. The number of fused-ring (bicyclic) bond motifs is 3. The first-order chi connectivity index (χ1) is 14.5. The molecule has 0 radical (unpaired) electrons. The van der Waals surface area contributed by atoms with Gasteiger partial charge in [-0.15, -0.1) is 0 Å². The van der Waals surface area contributed by atoms with Crippen LogP contribution in [0.25, 0.3) is 16.6 Å². The van der Waals surface area contributed by atoms with Gasteiger partial charge in [0, 0.05) is 28.2 Å². The molecule has 7 nitrogen and oxygen atoms in total. The van der Waals surface area contributed by atoms with E-state index in [1.807, 2.05) is 31.2 Å². The van der Waals surface area contributed by atoms with E-state index in [2.05, 4.69) is 15.3 Å². The third-order valence-corrected chi connectivity index (χ3v) is 6.09. The molecule has 0 bridgehead atoms. The van der Waals surface area contributed by atoms with Gasteiger partial charge in [-0.3, -0.25) is 9.78 Å². The van der Waals surface area contributed by atoms with Crippen molar-refractivity contribution in [1.82, 2.24) is 19.9 Å². The van der Waals surface area contributed by atoms with Gasteiger partial charge in [-0.05, 0) is 42.7 Å². The van der Waals surface area contributed by atoms with E-state index in [1.165, 1.54) is 0 Å². The van der Waals surface area contributed by atoms with Gasteiger partial charge >= 0.3 is 5.69 Å². The minimum atomic E-state index is -0.728. The number of nitrogens with one attached hydrogen (secondary N) is 3. The molecule has 0 fully saturated rings. The van der Waals surface area contributed by atoms with Gasteiger partial charge in [0.25, 0.3) is 5.56 Å². The first-order valence-electron chi connectivity index (χ1n) is 9.63. The maximum Gasteiger partial charge on any atom is 0.335 e. The summed E-state index contributed by atoms with van der Waals surface area (Å²) in [6, 6.07) is 12.4. The van der Waals surface area contributed by atoms with Crippen LogP contribution in [0.2, 0.25) is 5.02 Å². The van der Waals surface area contributed by atoms with Crippen molar-refractivity contribution in [3.8, 4) is 11.6 Å². The Morgan fingerprint density at radius 2 is 1.93 bits per heavy atom. The van der Waals surface area contributed by atoms with E-state index in [9.17, 15) is 14.7 Å². The average molecular weight is 423 g/mol. The number of halogens is 1. The van der Waals surface area contributed by atoms with E-state index in [1.54, 1.807) is 18.2 Å². The zero-order valence-corrected chi connectivity index (χ0v) is 16.9. The van der Waals surface area contributed by atoms with Crippen LogP contribution in [0, 0.1) is 6.92 Å². The number of benzene rings is 2. The highest BCUT2D eigenvalue weighted by Crippen LogP contribution is 2.35. The van der Waals surface area contributed by atoms with Crippen LogP contribution >= 0.6 is 11.6 Å². The molecule has 1 unspecified atom stereocenters. The van der Waals surface area contributed by atoms with Crippen LogP contribution in [0.3, 0.4) is 0 Å². The molecule has 1 aliphatic rings. The smallest absolute Gasteiger partial charge is 0.335 e. The Morgan fingerprint density at radius 1 is 1.13 bits per heavy atom. The van der Waals surface area contributed by atoms with Gasteiger partial charge in [-0.2, -0.15) is 0 Å². The molecular formula is C22H19ClN4O3. The summed E-state index contributed by atoms with van der Waals surface area (Å²) in [5.41, 5.74) is 2.82. The number of para-hydroxylation sites is 1. The molecule has 0 aliphatic carbocycles. The highest BCUT2D eigenvalue weighted by molar-refractivity contribution is 6.31. The fourth-order valence-electron chi connectivity index (χ4n) is 4.19. The van der Waals surface area contributed by atoms with Crippen molar-refractivity contribution >= 4 is 22.5 Å². The first kappa shape index (κ1) is 18.7. The summed E-state index contributed by atoms with van der Waals surface area (Å²) in [6.07, 6.45) is 0.793. The Hall–Kier alpha value is -3.29. The van der Waals surface area contributed by atoms with Crippen molar-refractivity contribution in [3.05, 3.63) is 90.7 Å². The molecule has 2 aromatic carbocycles. The molecule has 1 aliphatic heterocycles. The molecule has 0 amide bonds. The molecule has 0 spiro atoms. The molecule has 3 heterocycles. The minimum absolute atomic E-state index is 0.0822. The van der Waals surface area contributed by atoms with Crippen LogP contribution in [0.5, 0.6) is 5.88 Å². The number of hydrogen-bond acceptors (Lipinski definition) is 4. The number of H-pyrrole nitrogens is 2. The quantitative estimate of drug-likeness (QED) is 0.399. The summed E-state index contributed by atoms with van der Waals surface area (Å²) >= 11 is 6.21. The highest BCUT2D eigenvalue weighted by Gasteiger charge is 2.31. The number of aromatic amines is 2. The third kappa shape index (κ3) is 2.78. The lowest BCUT2D eigenvalue weighted by Crippen LogP contribution is -2.38. The van der Waals surface area contributed by atoms with Crippen LogP contribution in [0.1, 0.15) is 28.4 Å². The van der Waals surface area contributed by atoms with Crippen molar-refractivity contribution in [2.75, 3.05) is 6.54 Å². The van der Waals surface area contributed by atoms with Crippen LogP contribution in [-0.2, 0) is 6.42 Å². The van der Waals surface area contributed by atoms with E-state index in [4.69, 9.17) is 11.6 Å². The number of aryl methyl sites for hydroxylation is 1. The van der Waals surface area contributed by atoms with Gasteiger partial charge in [0.2, 0.25) is 5.88 Å². The van der Waals surface area contributed by atoms with Crippen LogP contribution < -0.4 is 16.6 Å². The van der Waals surface area contributed by atoms with Gasteiger partial charge in [0.15, 0.2) is 0 Å². The van der Waals surface area contributed by atoms with Crippen LogP contribution in [0.4, 0.5) is 0 Å². The number of aromatic hydroxyl groups is 1. The van der Waals surface area contributed by atoms with Gasteiger partial charge < -0.3 is 15.4 Å². The maximum atomic E-state index is 12.8. The Labute approximate surface area is 176 Å². The number of hydrogen-bond donors (Lipinski definition) is 4. The van der Waals surface area contributed by atoms with Crippen molar-refractivity contribution in [3.63, 3.8) is 0 Å². The van der Waals surface area contributed by atoms with E-state index >= 15 is 0 Å². The lowest BCUT2D eigenvalue weighted by atomic mass is 9.95. The third-order valence-electron chi connectivity index (χ3n) is 5.68. The summed E-state index contributed by atoms with van der Waals surface area (Å²) in [4.78, 5) is 31.0. The predicted molar refractivity (Wildman–Crippen MR) is 116 cm³/mol. The largest absolute Gasteiger partial charge is 0.494 e. The second-order valence-corrected chi connectivity index (χ2v) is 7.87.